The number of aromatic nitrogens is 1. The normalized spacial score (nSPS) is 13.7. The number of methoxy groups -OCH3 is 1. The third-order valence-electron chi connectivity index (χ3n) is 6.20. The molecule has 0 unspecified atom stereocenters. The molecule has 6 nitrogen and oxygen atoms in total. The lowest BCUT2D eigenvalue weighted by atomic mass is 10.1. The second-order valence-corrected chi connectivity index (χ2v) is 8.73. The van der Waals surface area contributed by atoms with Gasteiger partial charge in [-0.1, -0.05) is 35.9 Å². The minimum atomic E-state index is -0.255. The molecule has 0 atom stereocenters. The Morgan fingerprint density at radius 3 is 2.43 bits per heavy atom. The topological polar surface area (TPSA) is 57.7 Å². The van der Waals surface area contributed by atoms with Crippen LogP contribution < -0.4 is 15.0 Å². The van der Waals surface area contributed by atoms with Gasteiger partial charge in [0.15, 0.2) is 0 Å². The molecule has 3 aromatic carbocycles. The lowest BCUT2D eigenvalue weighted by Crippen LogP contribution is -2.48. The first-order valence-corrected chi connectivity index (χ1v) is 11.7. The first kappa shape index (κ1) is 22.9. The van der Waals surface area contributed by atoms with E-state index in [2.05, 4.69) is 15.2 Å². The minimum Gasteiger partial charge on any atom is -0.495 e. The zero-order chi connectivity index (χ0) is 24.4. The number of halogens is 2. The molecular weight excluding hydrogens is 467 g/mol. The van der Waals surface area contributed by atoms with Gasteiger partial charge in [-0.25, -0.2) is 9.37 Å². The average Bonchev–Trinajstić information content (AvgIpc) is 2.90. The van der Waals surface area contributed by atoms with Gasteiger partial charge in [0.2, 0.25) is 0 Å². The average molecular weight is 491 g/mol. The summed E-state index contributed by atoms with van der Waals surface area (Å²) in [6.45, 7) is 2.51. The Labute approximate surface area is 207 Å². The van der Waals surface area contributed by atoms with Crippen molar-refractivity contribution in [3.63, 3.8) is 0 Å². The maximum atomic E-state index is 13.5. The van der Waals surface area contributed by atoms with E-state index in [1.165, 1.54) is 12.1 Å². The van der Waals surface area contributed by atoms with Gasteiger partial charge in [0.1, 0.15) is 17.4 Å². The van der Waals surface area contributed by atoms with E-state index in [1.807, 2.05) is 35.2 Å². The van der Waals surface area contributed by atoms with Gasteiger partial charge >= 0.3 is 0 Å². The van der Waals surface area contributed by atoms with Crippen LogP contribution in [-0.2, 0) is 0 Å². The lowest BCUT2D eigenvalue weighted by Gasteiger charge is -2.36. The number of nitrogens with one attached hydrogen (secondary N) is 1. The Morgan fingerprint density at radius 1 is 1.00 bits per heavy atom. The number of anilines is 3. The summed E-state index contributed by atoms with van der Waals surface area (Å²) in [4.78, 5) is 22.1. The summed E-state index contributed by atoms with van der Waals surface area (Å²) >= 11 is 6.09. The molecule has 1 amide bonds. The smallest absolute Gasteiger partial charge is 0.256 e. The highest BCUT2D eigenvalue weighted by atomic mass is 35.5. The van der Waals surface area contributed by atoms with Gasteiger partial charge < -0.3 is 19.9 Å². The highest BCUT2D eigenvalue weighted by molar-refractivity contribution is 6.30. The van der Waals surface area contributed by atoms with Crippen molar-refractivity contribution in [1.29, 1.82) is 0 Å². The number of carbonyl (C=O) groups is 1. The predicted octanol–water partition coefficient (Wildman–Crippen LogP) is 5.74. The van der Waals surface area contributed by atoms with Crippen LogP contribution in [0.3, 0.4) is 0 Å². The van der Waals surface area contributed by atoms with Crippen molar-refractivity contribution >= 4 is 45.5 Å². The second-order valence-electron chi connectivity index (χ2n) is 8.29. The largest absolute Gasteiger partial charge is 0.495 e. The summed E-state index contributed by atoms with van der Waals surface area (Å²) in [5, 5.41) is 5.55. The van der Waals surface area contributed by atoms with E-state index >= 15 is 0 Å². The number of pyridine rings is 1. The number of ether oxygens (including phenoxy) is 1. The summed E-state index contributed by atoms with van der Waals surface area (Å²) in [5.74, 6) is 0.916. The summed E-state index contributed by atoms with van der Waals surface area (Å²) < 4.78 is 18.7. The number of hydrogen-bond acceptors (Lipinski definition) is 5. The fraction of sp³-hybridized carbons (Fsp3) is 0.185. The maximum Gasteiger partial charge on any atom is 0.256 e. The molecule has 5 rings (SSSR count). The first-order chi connectivity index (χ1) is 17.0. The molecule has 0 aliphatic carbocycles. The van der Waals surface area contributed by atoms with E-state index in [9.17, 15) is 9.18 Å². The van der Waals surface area contributed by atoms with E-state index < -0.39 is 0 Å². The molecule has 2 heterocycles. The minimum absolute atomic E-state index is 0.0527. The van der Waals surface area contributed by atoms with E-state index in [0.29, 0.717) is 48.3 Å². The zero-order valence-corrected chi connectivity index (χ0v) is 19.9. The monoisotopic (exact) mass is 490 g/mol. The lowest BCUT2D eigenvalue weighted by molar-refractivity contribution is 0.0748. The quantitative estimate of drug-likeness (QED) is 0.386. The van der Waals surface area contributed by atoms with E-state index in [0.717, 1.165) is 22.1 Å². The van der Waals surface area contributed by atoms with Crippen LogP contribution in [0.2, 0.25) is 5.02 Å². The molecule has 35 heavy (non-hydrogen) atoms. The molecule has 0 saturated carbocycles. The number of piperazine rings is 1. The summed E-state index contributed by atoms with van der Waals surface area (Å²) in [6.07, 6.45) is 1.63. The standard InChI is InChI=1S/C27H24ClFN4O2/c1-35-25-16-18(28)6-11-24(25)31-26-22-5-3-2-4-21(22)23(17-30-26)27(34)33-14-12-32(13-15-33)20-9-7-19(29)8-10-20/h2-11,16-17H,12-15H2,1H3,(H,30,31). The Kier molecular flexibility index (Phi) is 6.42. The highest BCUT2D eigenvalue weighted by Crippen LogP contribution is 2.33. The van der Waals surface area contributed by atoms with Crippen molar-refractivity contribution < 1.29 is 13.9 Å². The van der Waals surface area contributed by atoms with Crippen LogP contribution in [-0.4, -0.2) is 49.1 Å². The predicted molar refractivity (Wildman–Crippen MR) is 138 cm³/mol. The molecule has 1 aliphatic heterocycles. The maximum absolute atomic E-state index is 13.5. The van der Waals surface area contributed by atoms with E-state index in [1.54, 1.807) is 37.6 Å². The van der Waals surface area contributed by atoms with Crippen molar-refractivity contribution in [2.75, 3.05) is 43.5 Å². The Bertz CT molecular complexity index is 1370. The van der Waals surface area contributed by atoms with Crippen LogP contribution in [0.5, 0.6) is 5.75 Å². The molecule has 178 valence electrons. The number of nitrogens with zero attached hydrogens (tertiary/aromatic N) is 3. The Hall–Kier alpha value is -3.84. The van der Waals surface area contributed by atoms with Crippen LogP contribution in [0, 0.1) is 5.82 Å². The van der Waals surface area contributed by atoms with Crippen molar-refractivity contribution in [3.8, 4) is 5.75 Å². The molecule has 1 aliphatic rings. The number of benzene rings is 3. The molecule has 0 bridgehead atoms. The number of fused-ring (bicyclic) bond motifs is 1. The van der Waals surface area contributed by atoms with Gasteiger partial charge in [-0.05, 0) is 41.8 Å². The van der Waals surface area contributed by atoms with Crippen molar-refractivity contribution in [1.82, 2.24) is 9.88 Å². The molecular formula is C27H24ClFN4O2. The molecule has 0 radical (unpaired) electrons. The molecule has 1 aromatic heterocycles. The number of rotatable bonds is 5. The molecule has 1 fully saturated rings. The molecule has 1 N–H and O–H groups in total. The highest BCUT2D eigenvalue weighted by Gasteiger charge is 2.24. The van der Waals surface area contributed by atoms with Gasteiger partial charge in [0.05, 0.1) is 18.4 Å². The van der Waals surface area contributed by atoms with Crippen LogP contribution >= 0.6 is 11.6 Å². The third kappa shape index (κ3) is 4.72. The van der Waals surface area contributed by atoms with Gasteiger partial charge in [0.25, 0.3) is 5.91 Å². The van der Waals surface area contributed by atoms with Crippen LogP contribution in [0.25, 0.3) is 10.8 Å². The van der Waals surface area contributed by atoms with Crippen LogP contribution in [0.4, 0.5) is 21.6 Å². The van der Waals surface area contributed by atoms with Gasteiger partial charge in [-0.2, -0.15) is 0 Å². The SMILES string of the molecule is COc1cc(Cl)ccc1Nc1ncc(C(=O)N2CCN(c3ccc(F)cc3)CC2)c2ccccc12. The molecule has 0 spiro atoms. The molecule has 4 aromatic rings. The fourth-order valence-corrected chi connectivity index (χ4v) is 4.51. The van der Waals surface area contributed by atoms with Crippen molar-refractivity contribution in [2.24, 2.45) is 0 Å². The fourth-order valence-electron chi connectivity index (χ4n) is 4.35. The second kappa shape index (κ2) is 9.80. The summed E-state index contributed by atoms with van der Waals surface area (Å²) in [5.41, 5.74) is 2.24. The third-order valence-corrected chi connectivity index (χ3v) is 6.44. The summed E-state index contributed by atoms with van der Waals surface area (Å²) in [6, 6.07) is 19.5. The van der Waals surface area contributed by atoms with E-state index in [4.69, 9.17) is 16.3 Å². The summed E-state index contributed by atoms with van der Waals surface area (Å²) in [7, 11) is 1.58. The molecule has 8 heteroatoms. The zero-order valence-electron chi connectivity index (χ0n) is 19.2. The molecule has 1 saturated heterocycles. The Morgan fingerprint density at radius 2 is 1.71 bits per heavy atom. The number of hydrogen-bond donors (Lipinski definition) is 1. The van der Waals surface area contributed by atoms with Crippen LogP contribution in [0.1, 0.15) is 10.4 Å². The van der Waals surface area contributed by atoms with Gasteiger partial charge in [0, 0.05) is 54.5 Å². The number of carbonyl (C=O) groups excluding carboxylic acids is 1. The van der Waals surface area contributed by atoms with Gasteiger partial charge in [-0.15, -0.1) is 0 Å². The van der Waals surface area contributed by atoms with Gasteiger partial charge in [-0.3, -0.25) is 4.79 Å². The van der Waals surface area contributed by atoms with Crippen molar-refractivity contribution in [2.45, 2.75) is 0 Å². The number of amides is 1. The van der Waals surface area contributed by atoms with Crippen LogP contribution in [0.15, 0.2) is 72.9 Å². The van der Waals surface area contributed by atoms with E-state index in [-0.39, 0.29) is 11.7 Å². The van der Waals surface area contributed by atoms with Crippen molar-refractivity contribution in [3.05, 3.63) is 89.3 Å². The Balaban J connectivity index is 1.38. The first-order valence-electron chi connectivity index (χ1n) is 11.3.